The molecule has 1 spiro atoms. The summed E-state index contributed by atoms with van der Waals surface area (Å²) in [5, 5.41) is 8.32. The first-order valence-electron chi connectivity index (χ1n) is 13.6. The van der Waals surface area contributed by atoms with Crippen molar-refractivity contribution in [2.45, 2.75) is 83.5 Å². The van der Waals surface area contributed by atoms with Crippen LogP contribution in [0.1, 0.15) is 76.2 Å². The van der Waals surface area contributed by atoms with Crippen molar-refractivity contribution >= 4 is 17.3 Å². The minimum absolute atomic E-state index is 0.0419. The van der Waals surface area contributed by atoms with Gasteiger partial charge in [-0.2, -0.15) is 4.98 Å². The minimum Gasteiger partial charge on any atom is -0.473 e. The van der Waals surface area contributed by atoms with Gasteiger partial charge in [-0.3, -0.25) is 14.5 Å². The largest absolute Gasteiger partial charge is 0.473 e. The summed E-state index contributed by atoms with van der Waals surface area (Å²) in [6, 6.07) is 1.97. The molecule has 38 heavy (non-hydrogen) atoms. The molecule has 3 aliphatic rings. The number of carbonyl (C=O) groups is 2. The van der Waals surface area contributed by atoms with Crippen LogP contribution in [0.4, 0.5) is 0 Å². The number of methoxy groups -OCH3 is 1. The smallest absolute Gasteiger partial charge is 0.219 e. The zero-order chi connectivity index (χ0) is 26.9. The molecular formula is C27H37N7O4. The lowest BCUT2D eigenvalue weighted by Crippen LogP contribution is -2.45. The van der Waals surface area contributed by atoms with Gasteiger partial charge in [-0.15, -0.1) is 5.10 Å². The molecule has 3 heterocycles. The molecule has 3 fully saturated rings. The Kier molecular flexibility index (Phi) is 7.58. The molecule has 2 saturated carbocycles. The molecule has 2 aromatic rings. The molecule has 0 amide bonds. The van der Waals surface area contributed by atoms with Crippen molar-refractivity contribution in [1.29, 1.82) is 0 Å². The zero-order valence-corrected chi connectivity index (χ0v) is 22.5. The highest BCUT2D eigenvalue weighted by atomic mass is 16.5. The minimum atomic E-state index is -0.948. The number of likely N-dealkylation sites (tertiary alicyclic amines) is 1. The summed E-state index contributed by atoms with van der Waals surface area (Å²) in [5.74, 6) is 0.836. The molecule has 0 radical (unpaired) electrons. The standard InChI is InChI=1S/C27H37N7O4/c1-17(20-9-7-13-33(20)2)38-23-14-22(34-15-18(16-37-3)31-32-34)29-26(30-23)24(28)19-8-6-12-27(25(19)36)11-5-4-10-21(27)35/h14-15,17,20H,4-13,16,28H2,1-3H3/t17-,20-,27+/m0/s1. The highest BCUT2D eigenvalue weighted by Gasteiger charge is 2.49. The molecule has 0 unspecified atom stereocenters. The van der Waals surface area contributed by atoms with Gasteiger partial charge in [-0.05, 0) is 65.5 Å². The van der Waals surface area contributed by atoms with Crippen molar-refractivity contribution < 1.29 is 19.1 Å². The maximum Gasteiger partial charge on any atom is 0.219 e. The summed E-state index contributed by atoms with van der Waals surface area (Å²) in [4.78, 5) is 38.3. The van der Waals surface area contributed by atoms with Crippen molar-refractivity contribution in [3.63, 3.8) is 0 Å². The average Bonchev–Trinajstić information content (AvgIpc) is 3.56. The highest BCUT2D eigenvalue weighted by Crippen LogP contribution is 2.45. The third-order valence-electron chi connectivity index (χ3n) is 8.28. The lowest BCUT2D eigenvalue weighted by Gasteiger charge is -2.38. The van der Waals surface area contributed by atoms with Gasteiger partial charge in [0.25, 0.3) is 0 Å². The van der Waals surface area contributed by atoms with E-state index < -0.39 is 5.41 Å². The maximum absolute atomic E-state index is 13.7. The van der Waals surface area contributed by atoms with Gasteiger partial charge in [0.05, 0.1) is 23.9 Å². The van der Waals surface area contributed by atoms with Gasteiger partial charge in [-0.25, -0.2) is 9.67 Å². The number of nitrogens with zero attached hydrogens (tertiary/aromatic N) is 6. The van der Waals surface area contributed by atoms with E-state index in [1.54, 1.807) is 19.4 Å². The van der Waals surface area contributed by atoms with E-state index in [1.807, 2.05) is 6.92 Å². The SMILES string of the molecule is COCc1cn(-c2cc(O[C@@H](C)[C@@H]3CCCN3C)nc(C(N)=C3CCC[C@@]4(CCCCC4=O)C3=O)n2)nn1. The van der Waals surface area contributed by atoms with Gasteiger partial charge in [0.15, 0.2) is 17.4 Å². The second-order valence-corrected chi connectivity index (χ2v) is 10.8. The second-order valence-electron chi connectivity index (χ2n) is 10.8. The lowest BCUT2D eigenvalue weighted by molar-refractivity contribution is -0.143. The van der Waals surface area contributed by atoms with Crippen LogP contribution in [0.25, 0.3) is 11.5 Å². The summed E-state index contributed by atoms with van der Waals surface area (Å²) < 4.78 is 13.0. The quantitative estimate of drug-likeness (QED) is 0.426. The number of aromatic nitrogens is 5. The fourth-order valence-corrected chi connectivity index (χ4v) is 6.20. The van der Waals surface area contributed by atoms with Crippen molar-refractivity contribution in [3.05, 3.63) is 29.4 Å². The Hall–Kier alpha value is -3.18. The summed E-state index contributed by atoms with van der Waals surface area (Å²) in [6.45, 7) is 3.37. The van der Waals surface area contributed by atoms with Gasteiger partial charge in [0, 0.05) is 31.2 Å². The van der Waals surface area contributed by atoms with Crippen molar-refractivity contribution in [1.82, 2.24) is 29.9 Å². The van der Waals surface area contributed by atoms with Crippen LogP contribution in [-0.2, 0) is 20.9 Å². The molecule has 0 aromatic carbocycles. The number of allylic oxidation sites excluding steroid dienone is 1. The molecule has 3 atom stereocenters. The first-order valence-corrected chi connectivity index (χ1v) is 13.6. The zero-order valence-electron chi connectivity index (χ0n) is 22.5. The Balaban J connectivity index is 1.53. The van der Waals surface area contributed by atoms with Crippen LogP contribution in [0.3, 0.4) is 0 Å². The number of likely N-dealkylation sites (N-methyl/N-ethyl adjacent to an activating group) is 1. The molecule has 11 heteroatoms. The highest BCUT2D eigenvalue weighted by molar-refractivity contribution is 6.17. The van der Waals surface area contributed by atoms with E-state index in [1.165, 1.54) is 4.68 Å². The third kappa shape index (κ3) is 4.96. The fraction of sp³-hybridized carbons (Fsp3) is 0.630. The van der Waals surface area contributed by atoms with Crippen LogP contribution >= 0.6 is 0 Å². The predicted octanol–water partition coefficient (Wildman–Crippen LogP) is 2.62. The summed E-state index contributed by atoms with van der Waals surface area (Å²) in [7, 11) is 3.69. The normalized spacial score (nSPS) is 26.7. The Morgan fingerprint density at radius 3 is 2.74 bits per heavy atom. The van der Waals surface area contributed by atoms with Crippen LogP contribution in [0, 0.1) is 5.41 Å². The Labute approximate surface area is 222 Å². The van der Waals surface area contributed by atoms with Crippen LogP contribution in [0.5, 0.6) is 5.88 Å². The Morgan fingerprint density at radius 2 is 2.00 bits per heavy atom. The molecule has 11 nitrogen and oxygen atoms in total. The van der Waals surface area contributed by atoms with Crippen LogP contribution in [0.2, 0.25) is 0 Å². The summed E-state index contributed by atoms with van der Waals surface area (Å²) in [6.07, 6.45) is 8.33. The van der Waals surface area contributed by atoms with Crippen LogP contribution in [-0.4, -0.2) is 74.3 Å². The van der Waals surface area contributed by atoms with E-state index in [4.69, 9.17) is 15.2 Å². The number of hydrogen-bond acceptors (Lipinski definition) is 10. The van der Waals surface area contributed by atoms with Crippen molar-refractivity contribution in [2.24, 2.45) is 11.1 Å². The van der Waals surface area contributed by atoms with E-state index in [-0.39, 0.29) is 35.2 Å². The van der Waals surface area contributed by atoms with E-state index in [9.17, 15) is 9.59 Å². The van der Waals surface area contributed by atoms with Gasteiger partial charge < -0.3 is 15.2 Å². The van der Waals surface area contributed by atoms with Gasteiger partial charge in [0.1, 0.15) is 17.6 Å². The molecule has 2 N–H and O–H groups in total. The Bertz CT molecular complexity index is 1240. The number of hydrogen-bond donors (Lipinski definition) is 1. The van der Waals surface area contributed by atoms with Crippen molar-refractivity contribution in [3.8, 4) is 11.7 Å². The number of ether oxygens (including phenoxy) is 2. The number of Topliss-reactive ketones (excluding diaryl/α,β-unsaturated/α-hetero) is 2. The molecule has 1 saturated heterocycles. The summed E-state index contributed by atoms with van der Waals surface area (Å²) in [5.41, 5.74) is 6.96. The predicted molar refractivity (Wildman–Crippen MR) is 139 cm³/mol. The van der Waals surface area contributed by atoms with Crippen LogP contribution < -0.4 is 10.5 Å². The number of ketones is 2. The number of rotatable bonds is 7. The molecular weight excluding hydrogens is 486 g/mol. The fourth-order valence-electron chi connectivity index (χ4n) is 6.20. The molecule has 0 bridgehead atoms. The first-order chi connectivity index (χ1) is 18.3. The van der Waals surface area contributed by atoms with Gasteiger partial charge in [0.2, 0.25) is 5.88 Å². The van der Waals surface area contributed by atoms with E-state index >= 15 is 0 Å². The topological polar surface area (TPSA) is 138 Å². The second kappa shape index (κ2) is 10.9. The molecule has 2 aromatic heterocycles. The Morgan fingerprint density at radius 1 is 1.18 bits per heavy atom. The van der Waals surface area contributed by atoms with Crippen molar-refractivity contribution in [2.75, 3.05) is 20.7 Å². The van der Waals surface area contributed by atoms with Crippen LogP contribution in [0.15, 0.2) is 17.8 Å². The molecule has 2 aliphatic carbocycles. The average molecular weight is 524 g/mol. The number of nitrogens with two attached hydrogens (primary N) is 1. The monoisotopic (exact) mass is 523 g/mol. The molecule has 5 rings (SSSR count). The molecule has 204 valence electrons. The van der Waals surface area contributed by atoms with E-state index in [2.05, 4.69) is 32.2 Å². The van der Waals surface area contributed by atoms with Gasteiger partial charge in [-0.1, -0.05) is 11.6 Å². The first kappa shape index (κ1) is 26.4. The number of carbonyl (C=O) groups excluding carboxylic acids is 2. The molecule has 1 aliphatic heterocycles. The third-order valence-corrected chi connectivity index (χ3v) is 8.28. The van der Waals surface area contributed by atoms with E-state index in [0.29, 0.717) is 55.3 Å². The van der Waals surface area contributed by atoms with E-state index in [0.717, 1.165) is 38.6 Å². The lowest BCUT2D eigenvalue weighted by atomic mass is 9.62. The maximum atomic E-state index is 13.7. The van der Waals surface area contributed by atoms with Gasteiger partial charge >= 0.3 is 0 Å². The summed E-state index contributed by atoms with van der Waals surface area (Å²) >= 11 is 0.